The van der Waals surface area contributed by atoms with Crippen molar-refractivity contribution in [1.29, 1.82) is 10.5 Å². The Labute approximate surface area is 301 Å². The van der Waals surface area contributed by atoms with Gasteiger partial charge in [-0.25, -0.2) is 0 Å². The summed E-state index contributed by atoms with van der Waals surface area (Å²) in [5, 5.41) is 21.0. The fourth-order valence-corrected chi connectivity index (χ4v) is 8.80. The fraction of sp³-hybridized carbons (Fsp3) is 0. The van der Waals surface area contributed by atoms with Crippen LogP contribution in [0.3, 0.4) is 0 Å². The van der Waals surface area contributed by atoms with E-state index in [0.29, 0.717) is 11.1 Å². The highest BCUT2D eigenvalue weighted by Crippen LogP contribution is 2.45. The second-order valence-corrected chi connectivity index (χ2v) is 13.4. The smallest absolute Gasteiger partial charge is 0.256 e. The molecule has 4 aliphatic heterocycles. The van der Waals surface area contributed by atoms with E-state index in [1.54, 1.807) is 0 Å². The highest BCUT2D eigenvalue weighted by molar-refractivity contribution is 7.02. The molecule has 0 aliphatic carbocycles. The van der Waals surface area contributed by atoms with Gasteiger partial charge in [-0.1, -0.05) is 78.9 Å². The van der Waals surface area contributed by atoms with Crippen molar-refractivity contribution < 1.29 is 9.47 Å². The van der Waals surface area contributed by atoms with Crippen molar-refractivity contribution in [3.8, 4) is 35.1 Å². The molecule has 4 heterocycles. The van der Waals surface area contributed by atoms with Gasteiger partial charge in [-0.2, -0.15) is 10.5 Å². The summed E-state index contributed by atoms with van der Waals surface area (Å²) in [7, 11) is 0. The minimum atomic E-state index is -0.200. The Bertz CT molecular complexity index is 2570. The van der Waals surface area contributed by atoms with Crippen molar-refractivity contribution >= 4 is 80.3 Å². The second kappa shape index (κ2) is 10.7. The van der Waals surface area contributed by atoms with Crippen LogP contribution in [0.2, 0.25) is 0 Å². The van der Waals surface area contributed by atoms with E-state index in [4.69, 9.17) is 9.47 Å². The van der Waals surface area contributed by atoms with Crippen LogP contribution in [0.4, 0.5) is 34.1 Å². The third-order valence-electron chi connectivity index (χ3n) is 10.8. The van der Waals surface area contributed by atoms with Crippen LogP contribution in [-0.2, 0) is 0 Å². The normalized spacial score (nSPS) is 13.5. The molecule has 0 bridgehead atoms. The predicted molar refractivity (Wildman–Crippen MR) is 208 cm³/mol. The quantitative estimate of drug-likeness (QED) is 0.204. The van der Waals surface area contributed by atoms with Crippen molar-refractivity contribution in [2.24, 2.45) is 0 Å². The molecule has 7 aromatic rings. The fourth-order valence-electron chi connectivity index (χ4n) is 8.80. The molecule has 238 valence electrons. The molecule has 0 spiro atoms. The zero-order valence-electron chi connectivity index (χ0n) is 27.6. The lowest BCUT2D eigenvalue weighted by molar-refractivity contribution is 0.465. The molecule has 0 N–H and O–H groups in total. The van der Waals surface area contributed by atoms with Crippen LogP contribution in [-0.4, -0.2) is 13.4 Å². The molecule has 11 rings (SSSR count). The van der Waals surface area contributed by atoms with E-state index in [0.717, 1.165) is 89.9 Å². The number of nitriles is 2. The molecule has 0 fully saturated rings. The maximum atomic E-state index is 10.5. The third kappa shape index (κ3) is 3.78. The Morgan fingerprint density at radius 3 is 1.29 bits per heavy atom. The first-order valence-corrected chi connectivity index (χ1v) is 17.3. The maximum absolute atomic E-state index is 10.5. The summed E-state index contributed by atoms with van der Waals surface area (Å²) in [4.78, 5) is 4.39. The molecule has 0 saturated carbocycles. The van der Waals surface area contributed by atoms with Gasteiger partial charge in [0.05, 0.1) is 22.5 Å². The van der Waals surface area contributed by atoms with Crippen LogP contribution in [0.1, 0.15) is 11.1 Å². The Morgan fingerprint density at radius 1 is 0.423 bits per heavy atom. The van der Waals surface area contributed by atoms with Crippen LogP contribution in [0, 0.1) is 22.7 Å². The Kier molecular flexibility index (Phi) is 5.88. The predicted octanol–water partition coefficient (Wildman–Crippen LogP) is 6.24. The summed E-state index contributed by atoms with van der Waals surface area (Å²) in [6, 6.07) is 54.1. The number of ether oxygens (including phenoxy) is 2. The van der Waals surface area contributed by atoms with Crippen molar-refractivity contribution in [2.75, 3.05) is 9.80 Å². The summed E-state index contributed by atoms with van der Waals surface area (Å²) < 4.78 is 13.6. The van der Waals surface area contributed by atoms with Gasteiger partial charge in [0.15, 0.2) is 0 Å². The third-order valence-corrected chi connectivity index (χ3v) is 10.8. The summed E-state index contributed by atoms with van der Waals surface area (Å²) in [6.07, 6.45) is 0. The van der Waals surface area contributed by atoms with Gasteiger partial charge in [0.2, 0.25) is 0 Å². The molecule has 6 nitrogen and oxygen atoms in total. The van der Waals surface area contributed by atoms with Crippen LogP contribution < -0.4 is 52.1 Å². The van der Waals surface area contributed by atoms with E-state index in [-0.39, 0.29) is 13.4 Å². The number of fused-ring (bicyclic) bond motifs is 8. The van der Waals surface area contributed by atoms with Crippen molar-refractivity contribution in [3.63, 3.8) is 0 Å². The van der Waals surface area contributed by atoms with Gasteiger partial charge in [0, 0.05) is 28.8 Å². The van der Waals surface area contributed by atoms with Crippen LogP contribution in [0.5, 0.6) is 23.0 Å². The average molecular weight is 662 g/mol. The molecule has 0 radical (unpaired) electrons. The maximum Gasteiger partial charge on any atom is 0.256 e. The number of hydrogen-bond acceptors (Lipinski definition) is 6. The highest BCUT2D eigenvalue weighted by atomic mass is 16.5. The first-order valence-electron chi connectivity index (χ1n) is 17.3. The molecule has 52 heavy (non-hydrogen) atoms. The number of hydrogen-bond donors (Lipinski definition) is 0. The molecule has 4 aliphatic rings. The molecule has 7 aromatic carbocycles. The van der Waals surface area contributed by atoms with Gasteiger partial charge < -0.3 is 19.3 Å². The molecule has 0 aromatic heterocycles. The molecule has 0 atom stereocenters. The molecule has 0 amide bonds. The molecule has 0 saturated heterocycles. The summed E-state index contributed by atoms with van der Waals surface area (Å²) >= 11 is 0. The lowest BCUT2D eigenvalue weighted by Gasteiger charge is -2.42. The number of para-hydroxylation sites is 4. The Hall–Kier alpha value is -7.15. The minimum Gasteiger partial charge on any atom is -0.458 e. The van der Waals surface area contributed by atoms with Gasteiger partial charge in [-0.15, -0.1) is 0 Å². The molecule has 0 unspecified atom stereocenters. The number of benzene rings is 7. The van der Waals surface area contributed by atoms with Crippen molar-refractivity contribution in [1.82, 2.24) is 0 Å². The Morgan fingerprint density at radius 2 is 0.846 bits per heavy atom. The zero-order valence-corrected chi connectivity index (χ0v) is 27.6. The lowest BCUT2D eigenvalue weighted by atomic mass is 9.31. The average Bonchev–Trinajstić information content (AvgIpc) is 3.20. The SMILES string of the molecule is N#Cc1ccc2c3c1N(c1ccccc1)c1ccccc1B3c1cc3c(cc1O2)Oc1ccc(C#N)c2c1B3c1ccccc1N2c1ccccc1. The summed E-state index contributed by atoms with van der Waals surface area (Å²) in [5.74, 6) is 2.89. The Balaban J connectivity index is 1.18. The topological polar surface area (TPSA) is 72.5 Å². The molecular formula is C44H24B2N4O2. The van der Waals surface area contributed by atoms with E-state index in [2.05, 4.69) is 101 Å². The lowest BCUT2D eigenvalue weighted by Crippen LogP contribution is -2.63. The van der Waals surface area contributed by atoms with E-state index >= 15 is 0 Å². The van der Waals surface area contributed by atoms with Crippen molar-refractivity contribution in [3.05, 3.63) is 157 Å². The van der Waals surface area contributed by atoms with E-state index in [9.17, 15) is 10.5 Å². The zero-order chi connectivity index (χ0) is 34.5. The number of rotatable bonds is 2. The van der Waals surface area contributed by atoms with E-state index in [1.165, 1.54) is 0 Å². The summed E-state index contributed by atoms with van der Waals surface area (Å²) in [6.45, 7) is -0.399. The molecule has 8 heteroatoms. The van der Waals surface area contributed by atoms with Gasteiger partial charge in [-0.3, -0.25) is 0 Å². The highest BCUT2D eigenvalue weighted by Gasteiger charge is 2.47. The second-order valence-electron chi connectivity index (χ2n) is 13.4. The van der Waals surface area contributed by atoms with E-state index in [1.807, 2.05) is 66.7 Å². The van der Waals surface area contributed by atoms with Gasteiger partial charge in [0.25, 0.3) is 13.4 Å². The first-order chi connectivity index (χ1) is 25.7. The van der Waals surface area contributed by atoms with Crippen LogP contribution in [0.15, 0.2) is 146 Å². The molecular weight excluding hydrogens is 638 g/mol. The standard InChI is InChI=1S/C44H24B2N4O2/c47-25-27-19-21-37-41-43(27)49(29-11-3-1-4-12-29)35-17-9-7-15-31(35)45(41)33-23-34-40(24-39(33)51-37)52-38-22-20-28(26-48)44-42(38)46(34)32-16-8-10-18-36(32)50(44)30-13-5-2-6-14-30/h1-24H. The number of anilines is 6. The van der Waals surface area contributed by atoms with Crippen LogP contribution in [0.25, 0.3) is 0 Å². The largest absolute Gasteiger partial charge is 0.458 e. The number of nitrogens with zero attached hydrogens (tertiary/aromatic N) is 4. The van der Waals surface area contributed by atoms with Gasteiger partial charge >= 0.3 is 0 Å². The monoisotopic (exact) mass is 662 g/mol. The van der Waals surface area contributed by atoms with Gasteiger partial charge in [-0.05, 0) is 93.4 Å². The summed E-state index contributed by atoms with van der Waals surface area (Å²) in [5.41, 5.74) is 13.0. The van der Waals surface area contributed by atoms with Crippen molar-refractivity contribution in [2.45, 2.75) is 0 Å². The van der Waals surface area contributed by atoms with Gasteiger partial charge in [0.1, 0.15) is 35.1 Å². The first kappa shape index (κ1) is 28.7. The minimum absolute atomic E-state index is 0.200. The van der Waals surface area contributed by atoms with Crippen LogP contribution >= 0.6 is 0 Å². The van der Waals surface area contributed by atoms with E-state index < -0.39 is 0 Å².